The van der Waals surface area contributed by atoms with Crippen LogP contribution in [0.3, 0.4) is 0 Å². The van der Waals surface area contributed by atoms with Crippen molar-refractivity contribution in [1.82, 2.24) is 4.90 Å². The zero-order valence-electron chi connectivity index (χ0n) is 10.3. The van der Waals surface area contributed by atoms with Gasteiger partial charge in [-0.3, -0.25) is 14.5 Å². The van der Waals surface area contributed by atoms with Gasteiger partial charge in [0.1, 0.15) is 0 Å². The Morgan fingerprint density at radius 3 is 2.44 bits per heavy atom. The minimum absolute atomic E-state index is 0.146. The molecule has 0 bridgehead atoms. The highest BCUT2D eigenvalue weighted by Crippen LogP contribution is 2.24. The van der Waals surface area contributed by atoms with Gasteiger partial charge >= 0.3 is 11.9 Å². The van der Waals surface area contributed by atoms with Gasteiger partial charge in [0.2, 0.25) is 0 Å². The predicted octanol–water partition coefficient (Wildman–Crippen LogP) is -0.899. The van der Waals surface area contributed by atoms with Crippen LogP contribution in [0.5, 0.6) is 0 Å². The molecule has 1 saturated heterocycles. The van der Waals surface area contributed by atoms with E-state index in [1.165, 1.54) is 7.11 Å². The molecule has 0 radical (unpaired) electrons. The standard InChI is InChI=1S/C11H19NO6/c1-18-6-7(13)4-12-3-2-8(10(14)15)9(5-12)11(16)17/h7-9,13H,2-6H2,1H3,(H,14,15)(H,16,17). The number of methoxy groups -OCH3 is 1. The van der Waals surface area contributed by atoms with E-state index in [0.717, 1.165) is 0 Å². The molecule has 0 aromatic rings. The van der Waals surface area contributed by atoms with Crippen molar-refractivity contribution in [3.8, 4) is 0 Å². The molecule has 0 amide bonds. The van der Waals surface area contributed by atoms with Crippen molar-refractivity contribution in [2.24, 2.45) is 11.8 Å². The van der Waals surface area contributed by atoms with E-state index in [4.69, 9.17) is 14.9 Å². The first-order valence-corrected chi connectivity index (χ1v) is 5.80. The molecule has 1 aliphatic rings. The van der Waals surface area contributed by atoms with Crippen LogP contribution >= 0.6 is 0 Å². The molecule has 7 nitrogen and oxygen atoms in total. The number of carboxylic acid groups (broad SMARTS) is 2. The Bertz CT molecular complexity index is 308. The molecule has 104 valence electrons. The molecular formula is C11H19NO6. The molecule has 0 aromatic heterocycles. The Morgan fingerprint density at radius 2 is 1.94 bits per heavy atom. The third-order valence-electron chi connectivity index (χ3n) is 3.16. The fraction of sp³-hybridized carbons (Fsp3) is 0.818. The third-order valence-corrected chi connectivity index (χ3v) is 3.16. The first kappa shape index (κ1) is 14.9. The maximum Gasteiger partial charge on any atom is 0.308 e. The topological polar surface area (TPSA) is 107 Å². The van der Waals surface area contributed by atoms with E-state index in [-0.39, 0.29) is 19.6 Å². The first-order chi connectivity index (χ1) is 8.45. The lowest BCUT2D eigenvalue weighted by molar-refractivity contribution is -0.157. The van der Waals surface area contributed by atoms with Crippen LogP contribution in [-0.2, 0) is 14.3 Å². The minimum atomic E-state index is -1.10. The largest absolute Gasteiger partial charge is 0.481 e. The molecule has 1 heterocycles. The summed E-state index contributed by atoms with van der Waals surface area (Å²) in [6.07, 6.45) is -0.405. The fourth-order valence-electron chi connectivity index (χ4n) is 2.27. The smallest absolute Gasteiger partial charge is 0.308 e. The van der Waals surface area contributed by atoms with Gasteiger partial charge in [-0.15, -0.1) is 0 Å². The van der Waals surface area contributed by atoms with Gasteiger partial charge in [-0.25, -0.2) is 0 Å². The van der Waals surface area contributed by atoms with Gasteiger partial charge in [0.05, 0.1) is 24.5 Å². The number of piperidine rings is 1. The predicted molar refractivity (Wildman–Crippen MR) is 61.2 cm³/mol. The van der Waals surface area contributed by atoms with Crippen LogP contribution in [0.4, 0.5) is 0 Å². The van der Waals surface area contributed by atoms with Crippen molar-refractivity contribution < 1.29 is 29.6 Å². The molecule has 0 saturated carbocycles. The average molecular weight is 261 g/mol. The second-order valence-electron chi connectivity index (χ2n) is 4.55. The number of likely N-dealkylation sites (tertiary alicyclic amines) is 1. The van der Waals surface area contributed by atoms with Gasteiger partial charge in [0, 0.05) is 20.2 Å². The molecule has 3 N–H and O–H groups in total. The number of aliphatic hydroxyl groups is 1. The zero-order valence-corrected chi connectivity index (χ0v) is 10.3. The first-order valence-electron chi connectivity index (χ1n) is 5.80. The van der Waals surface area contributed by atoms with Crippen molar-refractivity contribution in [2.45, 2.75) is 12.5 Å². The SMILES string of the molecule is COCC(O)CN1CCC(C(=O)O)C(C(=O)O)C1. The highest BCUT2D eigenvalue weighted by atomic mass is 16.5. The summed E-state index contributed by atoms with van der Waals surface area (Å²) in [4.78, 5) is 23.8. The lowest BCUT2D eigenvalue weighted by atomic mass is 9.85. The molecule has 1 fully saturated rings. The van der Waals surface area contributed by atoms with Gasteiger partial charge in [0.25, 0.3) is 0 Å². The number of carbonyl (C=O) groups is 2. The van der Waals surface area contributed by atoms with Gasteiger partial charge in [-0.05, 0) is 13.0 Å². The summed E-state index contributed by atoms with van der Waals surface area (Å²) in [5.41, 5.74) is 0. The number of hydrogen-bond acceptors (Lipinski definition) is 5. The Kier molecular flexibility index (Phi) is 5.52. The second-order valence-corrected chi connectivity index (χ2v) is 4.55. The molecule has 0 spiro atoms. The maximum atomic E-state index is 11.0. The normalized spacial score (nSPS) is 26.8. The van der Waals surface area contributed by atoms with Crippen molar-refractivity contribution in [3.05, 3.63) is 0 Å². The number of β-amino-alcohol motifs (C(OH)–C–C–N with tert-alkyl or cyclic N) is 1. The minimum Gasteiger partial charge on any atom is -0.481 e. The monoisotopic (exact) mass is 261 g/mol. The Balaban J connectivity index is 2.57. The Hall–Kier alpha value is -1.18. The highest BCUT2D eigenvalue weighted by Gasteiger charge is 2.38. The number of nitrogens with zero attached hydrogens (tertiary/aromatic N) is 1. The fourth-order valence-corrected chi connectivity index (χ4v) is 2.27. The quantitative estimate of drug-likeness (QED) is 0.568. The van der Waals surface area contributed by atoms with Crippen LogP contribution in [0, 0.1) is 11.8 Å². The van der Waals surface area contributed by atoms with Gasteiger partial charge in [-0.1, -0.05) is 0 Å². The zero-order chi connectivity index (χ0) is 13.7. The summed E-state index contributed by atoms with van der Waals surface area (Å²) in [6.45, 7) is 1.09. The molecule has 3 unspecified atom stereocenters. The van der Waals surface area contributed by atoms with Gasteiger partial charge in [0.15, 0.2) is 0 Å². The molecule has 3 atom stereocenters. The second kappa shape index (κ2) is 6.67. The highest BCUT2D eigenvalue weighted by molar-refractivity contribution is 5.80. The van der Waals surface area contributed by atoms with E-state index in [1.54, 1.807) is 4.90 Å². The number of rotatable bonds is 6. The molecule has 1 aliphatic heterocycles. The lowest BCUT2D eigenvalue weighted by Gasteiger charge is -2.35. The summed E-state index contributed by atoms with van der Waals surface area (Å²) in [5.74, 6) is -3.95. The summed E-state index contributed by atoms with van der Waals surface area (Å²) in [6, 6.07) is 0. The van der Waals surface area contributed by atoms with Crippen LogP contribution in [0.1, 0.15) is 6.42 Å². The molecular weight excluding hydrogens is 242 g/mol. The van der Waals surface area contributed by atoms with Crippen molar-refractivity contribution in [2.75, 3.05) is 33.4 Å². The lowest BCUT2D eigenvalue weighted by Crippen LogP contribution is -2.48. The van der Waals surface area contributed by atoms with E-state index in [2.05, 4.69) is 0 Å². The van der Waals surface area contributed by atoms with E-state index in [9.17, 15) is 14.7 Å². The van der Waals surface area contributed by atoms with Crippen LogP contribution in [0.25, 0.3) is 0 Å². The number of carboxylic acids is 2. The molecule has 18 heavy (non-hydrogen) atoms. The van der Waals surface area contributed by atoms with Gasteiger partial charge in [-0.2, -0.15) is 0 Å². The molecule has 0 aromatic carbocycles. The third kappa shape index (κ3) is 3.94. The van der Waals surface area contributed by atoms with Crippen LogP contribution in [0.15, 0.2) is 0 Å². The number of aliphatic carboxylic acids is 2. The Morgan fingerprint density at radius 1 is 1.33 bits per heavy atom. The van der Waals surface area contributed by atoms with E-state index in [0.29, 0.717) is 13.1 Å². The van der Waals surface area contributed by atoms with Crippen molar-refractivity contribution in [3.63, 3.8) is 0 Å². The van der Waals surface area contributed by atoms with E-state index < -0.39 is 29.9 Å². The molecule has 1 rings (SSSR count). The average Bonchev–Trinajstić information content (AvgIpc) is 2.28. The van der Waals surface area contributed by atoms with E-state index >= 15 is 0 Å². The number of hydrogen-bond donors (Lipinski definition) is 3. The van der Waals surface area contributed by atoms with Crippen molar-refractivity contribution in [1.29, 1.82) is 0 Å². The molecule has 0 aliphatic carbocycles. The summed E-state index contributed by atoms with van der Waals surface area (Å²) in [5, 5.41) is 27.6. The van der Waals surface area contributed by atoms with Gasteiger partial charge < -0.3 is 20.1 Å². The van der Waals surface area contributed by atoms with Crippen LogP contribution < -0.4 is 0 Å². The molecule has 7 heteroatoms. The summed E-state index contributed by atoms with van der Waals surface area (Å²) in [7, 11) is 1.47. The summed E-state index contributed by atoms with van der Waals surface area (Å²) < 4.78 is 4.79. The van der Waals surface area contributed by atoms with Crippen LogP contribution in [-0.4, -0.2) is 71.6 Å². The summed E-state index contributed by atoms with van der Waals surface area (Å²) >= 11 is 0. The maximum absolute atomic E-state index is 11.0. The number of ether oxygens (including phenoxy) is 1. The van der Waals surface area contributed by atoms with Crippen LogP contribution in [0.2, 0.25) is 0 Å². The Labute approximate surface area is 105 Å². The van der Waals surface area contributed by atoms with E-state index in [1.807, 2.05) is 0 Å². The number of aliphatic hydroxyl groups excluding tert-OH is 1. The van der Waals surface area contributed by atoms with Crippen molar-refractivity contribution >= 4 is 11.9 Å².